The molecule has 192 valence electrons. The Hall–Kier alpha value is -3.22. The number of carbonyl (C=O) groups excluding carboxylic acids is 2. The number of aromatic nitrogens is 3. The van der Waals surface area contributed by atoms with Gasteiger partial charge in [0.05, 0.1) is 0 Å². The van der Waals surface area contributed by atoms with Crippen LogP contribution in [0, 0.1) is 35.0 Å². The van der Waals surface area contributed by atoms with E-state index in [9.17, 15) is 9.59 Å². The summed E-state index contributed by atoms with van der Waals surface area (Å²) in [5.41, 5.74) is 4.17. The summed E-state index contributed by atoms with van der Waals surface area (Å²) in [6.07, 6.45) is 11.3. The molecule has 37 heavy (non-hydrogen) atoms. The number of aryl methyl sites for hydroxylation is 1. The quantitative estimate of drug-likeness (QED) is 0.526. The third kappa shape index (κ3) is 3.85. The average molecular weight is 498 g/mol. The normalized spacial score (nSPS) is 30.8. The van der Waals surface area contributed by atoms with Gasteiger partial charge in [-0.2, -0.15) is 0 Å². The standard InChI is InChI=1S/C30H35N5O2/c1-3-23-8-7-18(14-31-23)16-34(2)29(37)25-17-35-26(5-4-6-27(35)33-25)28(36)32-15-21-9-19-11-24(19)30-12-20(21)10-22(30)13-30/h4-8,14,17,19-22,24H,3,9-13,15-16H2,1-2H3,(H,32,36). The Labute approximate surface area is 217 Å². The fourth-order valence-corrected chi connectivity index (χ4v) is 7.83. The fourth-order valence-electron chi connectivity index (χ4n) is 7.83. The molecule has 4 fully saturated rings. The molecule has 7 nitrogen and oxygen atoms in total. The summed E-state index contributed by atoms with van der Waals surface area (Å²) in [5, 5.41) is 3.25. The summed E-state index contributed by atoms with van der Waals surface area (Å²) >= 11 is 0. The Kier molecular flexibility index (Phi) is 5.21. The molecule has 3 aromatic rings. The van der Waals surface area contributed by atoms with Crippen molar-refractivity contribution in [1.82, 2.24) is 24.6 Å². The first-order valence-electron chi connectivity index (χ1n) is 13.9. The first-order valence-corrected chi connectivity index (χ1v) is 13.9. The number of nitrogens with one attached hydrogen (secondary N) is 1. The summed E-state index contributed by atoms with van der Waals surface area (Å²) in [6.45, 7) is 3.27. The second kappa shape index (κ2) is 8.40. The van der Waals surface area contributed by atoms with Crippen molar-refractivity contribution < 1.29 is 9.59 Å². The number of pyridine rings is 2. The maximum absolute atomic E-state index is 13.3. The van der Waals surface area contributed by atoms with Crippen LogP contribution in [0.4, 0.5) is 0 Å². The van der Waals surface area contributed by atoms with Crippen molar-refractivity contribution in [2.75, 3.05) is 13.6 Å². The van der Waals surface area contributed by atoms with Gasteiger partial charge >= 0.3 is 0 Å². The lowest BCUT2D eigenvalue weighted by atomic mass is 9.85. The molecule has 4 aliphatic carbocycles. The molecular formula is C30H35N5O2. The van der Waals surface area contributed by atoms with Gasteiger partial charge in [-0.3, -0.25) is 19.0 Å². The molecule has 0 aliphatic heterocycles. The van der Waals surface area contributed by atoms with Crippen LogP contribution in [0.5, 0.6) is 0 Å². The van der Waals surface area contributed by atoms with E-state index in [1.54, 1.807) is 22.5 Å². The largest absolute Gasteiger partial charge is 0.350 e. The van der Waals surface area contributed by atoms with E-state index in [0.717, 1.165) is 47.9 Å². The van der Waals surface area contributed by atoms with Gasteiger partial charge in [0, 0.05) is 38.2 Å². The van der Waals surface area contributed by atoms with E-state index in [4.69, 9.17) is 0 Å². The average Bonchev–Trinajstić information content (AvgIpc) is 3.75. The monoisotopic (exact) mass is 497 g/mol. The van der Waals surface area contributed by atoms with E-state index in [1.807, 2.05) is 36.5 Å². The number of nitrogens with zero attached hydrogens (tertiary/aromatic N) is 4. The molecule has 6 atom stereocenters. The Morgan fingerprint density at radius 2 is 2.03 bits per heavy atom. The predicted molar refractivity (Wildman–Crippen MR) is 140 cm³/mol. The number of rotatable bonds is 7. The van der Waals surface area contributed by atoms with Gasteiger partial charge in [-0.15, -0.1) is 0 Å². The lowest BCUT2D eigenvalue weighted by molar-refractivity contribution is 0.0779. The second-order valence-electron chi connectivity index (χ2n) is 12.1. The molecule has 0 radical (unpaired) electrons. The van der Waals surface area contributed by atoms with Gasteiger partial charge in [0.1, 0.15) is 17.0 Å². The summed E-state index contributed by atoms with van der Waals surface area (Å²) in [7, 11) is 1.77. The van der Waals surface area contributed by atoms with Crippen molar-refractivity contribution in [2.45, 2.75) is 52.0 Å². The lowest BCUT2D eigenvalue weighted by Gasteiger charge is -2.24. The number of carbonyl (C=O) groups is 2. The van der Waals surface area contributed by atoms with Gasteiger partial charge in [-0.25, -0.2) is 4.98 Å². The van der Waals surface area contributed by atoms with Crippen molar-refractivity contribution in [3.8, 4) is 0 Å². The van der Waals surface area contributed by atoms with Crippen LogP contribution >= 0.6 is 0 Å². The van der Waals surface area contributed by atoms with Crippen LogP contribution in [0.2, 0.25) is 0 Å². The molecule has 2 amide bonds. The highest BCUT2D eigenvalue weighted by molar-refractivity contribution is 5.95. The molecule has 0 saturated heterocycles. The zero-order valence-corrected chi connectivity index (χ0v) is 21.7. The predicted octanol–water partition coefficient (Wildman–Crippen LogP) is 4.37. The zero-order chi connectivity index (χ0) is 25.3. The van der Waals surface area contributed by atoms with E-state index < -0.39 is 0 Å². The maximum atomic E-state index is 13.3. The third-order valence-electron chi connectivity index (χ3n) is 9.93. The highest BCUT2D eigenvalue weighted by atomic mass is 16.2. The van der Waals surface area contributed by atoms with E-state index in [1.165, 1.54) is 32.1 Å². The molecular weight excluding hydrogens is 462 g/mol. The number of fused-ring (bicyclic) bond motifs is 3. The van der Waals surface area contributed by atoms with E-state index >= 15 is 0 Å². The van der Waals surface area contributed by atoms with Gasteiger partial charge in [0.2, 0.25) is 0 Å². The molecule has 4 aliphatic rings. The van der Waals surface area contributed by atoms with Crippen LogP contribution in [0.15, 0.2) is 42.7 Å². The maximum Gasteiger partial charge on any atom is 0.274 e. The summed E-state index contributed by atoms with van der Waals surface area (Å²) < 4.78 is 1.75. The number of hydrogen-bond donors (Lipinski definition) is 1. The SMILES string of the molecule is CCc1ccc(CN(C)C(=O)c2cn3c(C(=O)NCC4CC5CC5C56CC4CC5C6)cccc3n2)cn1. The topological polar surface area (TPSA) is 79.6 Å². The van der Waals surface area contributed by atoms with Crippen LogP contribution in [-0.2, 0) is 13.0 Å². The van der Waals surface area contributed by atoms with Gasteiger partial charge in [-0.05, 0) is 97.3 Å². The van der Waals surface area contributed by atoms with Crippen LogP contribution < -0.4 is 5.32 Å². The van der Waals surface area contributed by atoms with Crippen molar-refractivity contribution in [3.63, 3.8) is 0 Å². The molecule has 6 unspecified atom stereocenters. The van der Waals surface area contributed by atoms with Crippen LogP contribution in [0.1, 0.15) is 71.3 Å². The number of amides is 2. The summed E-state index contributed by atoms with van der Waals surface area (Å²) in [6, 6.07) is 9.49. The van der Waals surface area contributed by atoms with Crippen LogP contribution in [-0.4, -0.2) is 44.7 Å². The van der Waals surface area contributed by atoms with E-state index in [2.05, 4.69) is 22.2 Å². The minimum atomic E-state index is -0.180. The first-order chi connectivity index (χ1) is 17.9. The Balaban J connectivity index is 1.04. The van der Waals surface area contributed by atoms with Gasteiger partial charge < -0.3 is 10.2 Å². The molecule has 3 heterocycles. The van der Waals surface area contributed by atoms with Gasteiger partial charge in [0.15, 0.2) is 0 Å². The number of hydrogen-bond acceptors (Lipinski definition) is 4. The molecule has 7 heteroatoms. The van der Waals surface area contributed by atoms with Crippen molar-refractivity contribution in [1.29, 1.82) is 0 Å². The third-order valence-corrected chi connectivity index (χ3v) is 9.93. The summed E-state index contributed by atoms with van der Waals surface area (Å²) in [5.74, 6) is 3.98. The smallest absolute Gasteiger partial charge is 0.274 e. The van der Waals surface area contributed by atoms with Crippen LogP contribution in [0.25, 0.3) is 5.65 Å². The highest BCUT2D eigenvalue weighted by Gasteiger charge is 2.71. The molecule has 3 aromatic heterocycles. The zero-order valence-electron chi connectivity index (χ0n) is 21.7. The highest BCUT2D eigenvalue weighted by Crippen LogP contribution is 2.79. The minimum Gasteiger partial charge on any atom is -0.350 e. The van der Waals surface area contributed by atoms with E-state index in [0.29, 0.717) is 34.9 Å². The number of imidazole rings is 1. The van der Waals surface area contributed by atoms with Crippen molar-refractivity contribution in [2.24, 2.45) is 35.0 Å². The minimum absolute atomic E-state index is 0.0908. The Bertz CT molecular complexity index is 1380. The van der Waals surface area contributed by atoms with Crippen LogP contribution in [0.3, 0.4) is 0 Å². The molecule has 4 saturated carbocycles. The summed E-state index contributed by atoms with van der Waals surface area (Å²) in [4.78, 5) is 37.1. The second-order valence-corrected chi connectivity index (χ2v) is 12.1. The molecule has 1 spiro atoms. The lowest BCUT2D eigenvalue weighted by Crippen LogP contribution is -2.33. The Morgan fingerprint density at radius 1 is 1.14 bits per heavy atom. The molecule has 1 N–H and O–H groups in total. The van der Waals surface area contributed by atoms with Gasteiger partial charge in [0.25, 0.3) is 11.8 Å². The van der Waals surface area contributed by atoms with Crippen molar-refractivity contribution >= 4 is 17.5 Å². The molecule has 2 bridgehead atoms. The molecule has 0 aromatic carbocycles. The van der Waals surface area contributed by atoms with Crippen molar-refractivity contribution in [3.05, 3.63) is 65.4 Å². The van der Waals surface area contributed by atoms with Gasteiger partial charge in [-0.1, -0.05) is 19.1 Å². The molecule has 7 rings (SSSR count). The van der Waals surface area contributed by atoms with E-state index in [-0.39, 0.29) is 11.8 Å². The Morgan fingerprint density at radius 3 is 2.84 bits per heavy atom. The first kappa shape index (κ1) is 22.9. The fraction of sp³-hybridized carbons (Fsp3) is 0.533.